The molecule has 0 aromatic heterocycles. The molecule has 1 N–H and O–H groups in total. The number of ether oxygens (including phenoxy) is 2. The van der Waals surface area contributed by atoms with Crippen LogP contribution < -0.4 is 0 Å². The van der Waals surface area contributed by atoms with E-state index >= 15 is 0 Å². The van der Waals surface area contributed by atoms with Crippen LogP contribution in [0.2, 0.25) is 0 Å². The molecule has 2 atom stereocenters. The number of carbonyl (C=O) groups excluding carboxylic acids is 2. The number of rotatable bonds is 30. The van der Waals surface area contributed by atoms with Gasteiger partial charge in [0, 0.05) is 12.8 Å². The first-order valence-corrected chi connectivity index (χ1v) is 18.6. The number of phosphoric acid groups is 1. The number of hydrogen-bond donors (Lipinski definition) is 1. The lowest BCUT2D eigenvalue weighted by Crippen LogP contribution is -2.37. The number of quaternary nitrogens is 1. The van der Waals surface area contributed by atoms with Crippen molar-refractivity contribution in [3.63, 3.8) is 0 Å². The summed E-state index contributed by atoms with van der Waals surface area (Å²) in [5.41, 5.74) is 0. The van der Waals surface area contributed by atoms with Crippen molar-refractivity contribution in [3.8, 4) is 0 Å². The van der Waals surface area contributed by atoms with E-state index in [0.29, 0.717) is 17.4 Å². The average Bonchev–Trinajstić information content (AvgIpc) is 2.95. The molecule has 0 amide bonds. The molecule has 0 fully saturated rings. The van der Waals surface area contributed by atoms with Gasteiger partial charge in [0.2, 0.25) is 0 Å². The van der Waals surface area contributed by atoms with Gasteiger partial charge >= 0.3 is 19.8 Å². The predicted octanol–water partition coefficient (Wildman–Crippen LogP) is 8.46. The van der Waals surface area contributed by atoms with Gasteiger partial charge in [-0.1, -0.05) is 95.9 Å². The summed E-state index contributed by atoms with van der Waals surface area (Å²) in [7, 11) is 1.46. The molecule has 0 bridgehead atoms. The Labute approximate surface area is 268 Å². The molecule has 0 aliphatic carbocycles. The van der Waals surface area contributed by atoms with Crippen LogP contribution in [0.3, 0.4) is 0 Å². The van der Waals surface area contributed by atoms with Gasteiger partial charge in [-0.05, 0) is 44.9 Å². The number of unbranched alkanes of at least 4 members (excludes halogenated alkanes) is 12. The Morgan fingerprint density at radius 3 is 1.82 bits per heavy atom. The van der Waals surface area contributed by atoms with Gasteiger partial charge in [-0.3, -0.25) is 18.6 Å². The van der Waals surface area contributed by atoms with E-state index in [-0.39, 0.29) is 26.1 Å². The molecule has 0 heterocycles. The number of carbonyl (C=O) groups is 2. The summed E-state index contributed by atoms with van der Waals surface area (Å²) in [4.78, 5) is 34.7. The normalized spacial score (nSPS) is 14.2. The van der Waals surface area contributed by atoms with Crippen molar-refractivity contribution in [1.82, 2.24) is 0 Å². The minimum absolute atomic E-state index is 0.0291. The van der Waals surface area contributed by atoms with Crippen LogP contribution in [0, 0.1) is 0 Å². The van der Waals surface area contributed by atoms with Crippen molar-refractivity contribution in [2.75, 3.05) is 47.5 Å². The maximum absolute atomic E-state index is 12.5. The van der Waals surface area contributed by atoms with Crippen molar-refractivity contribution in [2.45, 2.75) is 136 Å². The van der Waals surface area contributed by atoms with Gasteiger partial charge in [0.25, 0.3) is 0 Å². The quantitative estimate of drug-likeness (QED) is 0.0272. The zero-order valence-electron chi connectivity index (χ0n) is 28.6. The maximum Gasteiger partial charge on any atom is 0.472 e. The number of likely N-dealkylation sites (N-methyl/N-ethyl adjacent to an activating group) is 1. The highest BCUT2D eigenvalue weighted by Crippen LogP contribution is 2.43. The third kappa shape index (κ3) is 30.5. The minimum Gasteiger partial charge on any atom is -0.462 e. The van der Waals surface area contributed by atoms with Crippen LogP contribution in [0.5, 0.6) is 0 Å². The molecule has 0 saturated carbocycles. The Kier molecular flexibility index (Phi) is 26.8. The van der Waals surface area contributed by atoms with Crippen molar-refractivity contribution in [3.05, 3.63) is 24.3 Å². The third-order valence-corrected chi connectivity index (χ3v) is 7.97. The molecule has 0 saturated heterocycles. The SMILES string of the molecule is CCCCCC/C=C\C/C=C\CCCCCCCC(=O)OC(COC(=O)CCCCCC)COP(=O)(O)OCC[N+](C)(C)C. The summed E-state index contributed by atoms with van der Waals surface area (Å²) < 4.78 is 33.8. The minimum atomic E-state index is -4.35. The Hall–Kier alpha value is -1.51. The van der Waals surface area contributed by atoms with Crippen LogP contribution in [0.4, 0.5) is 0 Å². The molecule has 10 heteroatoms. The van der Waals surface area contributed by atoms with Gasteiger partial charge in [-0.25, -0.2) is 4.57 Å². The van der Waals surface area contributed by atoms with Gasteiger partial charge in [0.05, 0.1) is 27.7 Å². The highest BCUT2D eigenvalue weighted by molar-refractivity contribution is 7.47. The second-order valence-corrected chi connectivity index (χ2v) is 14.0. The van der Waals surface area contributed by atoms with Crippen molar-refractivity contribution in [1.29, 1.82) is 0 Å². The Morgan fingerprint density at radius 1 is 0.705 bits per heavy atom. The van der Waals surface area contributed by atoms with Crippen LogP contribution in [-0.2, 0) is 32.7 Å². The lowest BCUT2D eigenvalue weighted by molar-refractivity contribution is -0.870. The molecule has 0 rings (SSSR count). The Balaban J connectivity index is 4.37. The number of phosphoric ester groups is 1. The number of hydrogen-bond acceptors (Lipinski definition) is 7. The summed E-state index contributed by atoms with van der Waals surface area (Å²) in [5, 5.41) is 0. The zero-order chi connectivity index (χ0) is 32.9. The van der Waals surface area contributed by atoms with Gasteiger partial charge in [-0.15, -0.1) is 0 Å². The molecule has 0 aromatic rings. The van der Waals surface area contributed by atoms with Gasteiger partial charge < -0.3 is 18.9 Å². The van der Waals surface area contributed by atoms with E-state index in [1.807, 2.05) is 21.1 Å². The zero-order valence-corrected chi connectivity index (χ0v) is 29.5. The molecule has 9 nitrogen and oxygen atoms in total. The van der Waals surface area contributed by atoms with Gasteiger partial charge in [0.1, 0.15) is 19.8 Å². The first kappa shape index (κ1) is 42.5. The van der Waals surface area contributed by atoms with Crippen LogP contribution >= 0.6 is 7.82 Å². The molecular weight excluding hydrogens is 581 g/mol. The summed E-state index contributed by atoms with van der Waals surface area (Å²) in [6, 6.07) is 0. The van der Waals surface area contributed by atoms with Crippen LogP contribution in [0.15, 0.2) is 24.3 Å². The van der Waals surface area contributed by atoms with E-state index in [4.69, 9.17) is 18.5 Å². The molecule has 0 aromatic carbocycles. The summed E-state index contributed by atoms with van der Waals surface area (Å²) in [6.45, 7) is 4.22. The fourth-order valence-corrected chi connectivity index (χ4v) is 4.96. The average molecular weight is 647 g/mol. The van der Waals surface area contributed by atoms with Gasteiger partial charge in [-0.2, -0.15) is 0 Å². The molecular formula is C34H65NO8P+. The maximum atomic E-state index is 12.5. The topological polar surface area (TPSA) is 108 Å². The van der Waals surface area contributed by atoms with Crippen molar-refractivity contribution < 1.29 is 42.1 Å². The molecule has 0 radical (unpaired) electrons. The molecule has 0 aliphatic rings. The van der Waals surface area contributed by atoms with E-state index in [2.05, 4.69) is 38.2 Å². The van der Waals surface area contributed by atoms with Crippen LogP contribution in [0.1, 0.15) is 129 Å². The van der Waals surface area contributed by atoms with E-state index in [9.17, 15) is 19.0 Å². The molecule has 258 valence electrons. The highest BCUT2D eigenvalue weighted by Gasteiger charge is 2.27. The lowest BCUT2D eigenvalue weighted by atomic mass is 10.1. The van der Waals surface area contributed by atoms with Crippen LogP contribution in [-0.4, -0.2) is 74.9 Å². The Bertz CT molecular complexity index is 825. The molecule has 44 heavy (non-hydrogen) atoms. The first-order valence-electron chi connectivity index (χ1n) is 17.1. The monoisotopic (exact) mass is 646 g/mol. The largest absolute Gasteiger partial charge is 0.472 e. The second-order valence-electron chi connectivity index (χ2n) is 12.6. The summed E-state index contributed by atoms with van der Waals surface area (Å²) in [5.74, 6) is -0.838. The standard InChI is InChI=1S/C34H64NO8P/c1-6-8-10-12-13-14-15-16-17-18-19-20-21-22-23-25-27-34(37)43-32(30-40-33(36)26-24-11-9-7-2)31-42-44(38,39)41-29-28-35(3,4)5/h14-15,17-18,32H,6-13,16,19-31H2,1-5H3/p+1/b15-14-,18-17-. The first-order chi connectivity index (χ1) is 21.0. The summed E-state index contributed by atoms with van der Waals surface area (Å²) in [6.07, 6.45) is 25.7. The van der Waals surface area contributed by atoms with Crippen LogP contribution in [0.25, 0.3) is 0 Å². The number of esters is 2. The fourth-order valence-electron chi connectivity index (χ4n) is 4.22. The fraction of sp³-hybridized carbons (Fsp3) is 0.824. The van der Waals surface area contributed by atoms with Crippen molar-refractivity contribution in [2.24, 2.45) is 0 Å². The summed E-state index contributed by atoms with van der Waals surface area (Å²) >= 11 is 0. The van der Waals surface area contributed by atoms with E-state index in [1.54, 1.807) is 0 Å². The Morgan fingerprint density at radius 2 is 1.23 bits per heavy atom. The molecule has 2 unspecified atom stereocenters. The number of allylic oxidation sites excluding steroid dienone is 4. The van der Waals surface area contributed by atoms with E-state index in [0.717, 1.165) is 64.2 Å². The van der Waals surface area contributed by atoms with E-state index in [1.165, 1.54) is 32.1 Å². The van der Waals surface area contributed by atoms with Crippen molar-refractivity contribution >= 4 is 19.8 Å². The lowest BCUT2D eigenvalue weighted by Gasteiger charge is -2.24. The van der Waals surface area contributed by atoms with E-state index < -0.39 is 32.5 Å². The third-order valence-electron chi connectivity index (χ3n) is 6.98. The number of nitrogens with zero attached hydrogens (tertiary/aromatic N) is 1. The van der Waals surface area contributed by atoms with Gasteiger partial charge in [0.15, 0.2) is 6.10 Å². The highest BCUT2D eigenvalue weighted by atomic mass is 31.2. The second kappa shape index (κ2) is 27.8. The smallest absolute Gasteiger partial charge is 0.462 e. The predicted molar refractivity (Wildman–Crippen MR) is 178 cm³/mol. The molecule has 0 aliphatic heterocycles. The molecule has 0 spiro atoms.